The van der Waals surface area contributed by atoms with Crippen LogP contribution in [0.3, 0.4) is 0 Å². The van der Waals surface area contributed by atoms with Gasteiger partial charge in [-0.2, -0.15) is 0 Å². The number of rotatable bonds is 4. The molecule has 0 aliphatic rings. The van der Waals surface area contributed by atoms with Gasteiger partial charge in [0, 0.05) is 30.8 Å². The summed E-state index contributed by atoms with van der Waals surface area (Å²) in [6.45, 7) is 10.1. The van der Waals surface area contributed by atoms with Gasteiger partial charge in [0.25, 0.3) is 0 Å². The molecular formula is C24H33F2NO4. The Morgan fingerprint density at radius 1 is 0.903 bits per heavy atom. The third kappa shape index (κ3) is 10.1. The van der Waals surface area contributed by atoms with Gasteiger partial charge in [-0.25, -0.2) is 8.78 Å². The number of hydrogen-bond acceptors (Lipinski definition) is 4. The molecule has 0 saturated carbocycles. The number of Topliss-reactive ketones (excluding diaryl/α,β-unsaturated/α-hetero) is 2. The van der Waals surface area contributed by atoms with E-state index in [1.807, 2.05) is 13.8 Å². The van der Waals surface area contributed by atoms with E-state index in [1.54, 1.807) is 19.9 Å². The van der Waals surface area contributed by atoms with E-state index in [0.717, 1.165) is 18.7 Å². The molecule has 2 N–H and O–H groups in total. The maximum absolute atomic E-state index is 13.9. The fourth-order valence-corrected chi connectivity index (χ4v) is 2.19. The lowest BCUT2D eigenvalue weighted by molar-refractivity contribution is -0.131. The van der Waals surface area contributed by atoms with Crippen molar-refractivity contribution in [3.8, 4) is 11.1 Å². The lowest BCUT2D eigenvalue weighted by Gasteiger charge is -2.07. The monoisotopic (exact) mass is 437 g/mol. The van der Waals surface area contributed by atoms with Crippen LogP contribution < -0.4 is 5.32 Å². The molecule has 0 aromatic heterocycles. The van der Waals surface area contributed by atoms with Crippen molar-refractivity contribution in [2.24, 2.45) is 5.92 Å². The third-order valence-electron chi connectivity index (χ3n) is 4.04. The van der Waals surface area contributed by atoms with Crippen LogP contribution >= 0.6 is 0 Å². The Bertz CT molecular complexity index is 867. The van der Waals surface area contributed by atoms with Gasteiger partial charge in [0.05, 0.1) is 5.92 Å². The number of hydrogen-bond donors (Lipinski definition) is 2. The zero-order valence-electron chi connectivity index (χ0n) is 19.5. The first kappa shape index (κ1) is 30.3. The molecule has 1 amide bonds. The number of aliphatic hydroxyl groups is 1. The normalized spacial score (nSPS) is 10.0. The Labute approximate surface area is 183 Å². The van der Waals surface area contributed by atoms with Crippen LogP contribution in [0.25, 0.3) is 11.1 Å². The predicted octanol–water partition coefficient (Wildman–Crippen LogP) is 4.74. The number of benzene rings is 2. The zero-order chi connectivity index (χ0) is 24.7. The van der Waals surface area contributed by atoms with Gasteiger partial charge in [-0.1, -0.05) is 38.1 Å². The first-order valence-electron chi connectivity index (χ1n) is 9.82. The summed E-state index contributed by atoms with van der Waals surface area (Å²) in [6.07, 6.45) is 0. The van der Waals surface area contributed by atoms with E-state index in [1.165, 1.54) is 45.2 Å². The number of halogens is 2. The molecule has 2 aromatic carbocycles. The van der Waals surface area contributed by atoms with Crippen molar-refractivity contribution in [2.75, 3.05) is 14.2 Å². The van der Waals surface area contributed by atoms with Crippen molar-refractivity contribution in [3.05, 3.63) is 59.2 Å². The molecule has 0 aliphatic heterocycles. The molecule has 0 bridgehead atoms. The molecule has 0 saturated heterocycles. The van der Waals surface area contributed by atoms with E-state index >= 15 is 0 Å². The highest BCUT2D eigenvalue weighted by Crippen LogP contribution is 2.27. The molecule has 1 unspecified atom stereocenters. The topological polar surface area (TPSA) is 83.5 Å². The van der Waals surface area contributed by atoms with Crippen LogP contribution in [0, 0.1) is 24.5 Å². The number of carbonyl (C=O) groups excluding carboxylic acids is 3. The molecule has 7 heteroatoms. The van der Waals surface area contributed by atoms with Crippen LogP contribution in [0.4, 0.5) is 8.78 Å². The fourth-order valence-electron chi connectivity index (χ4n) is 2.19. The van der Waals surface area contributed by atoms with Crippen LogP contribution in [0.5, 0.6) is 0 Å². The Hall–Kier alpha value is -2.93. The van der Waals surface area contributed by atoms with Crippen LogP contribution in [0.1, 0.15) is 50.5 Å². The number of carbonyl (C=O) groups is 3. The van der Waals surface area contributed by atoms with E-state index in [0.29, 0.717) is 0 Å². The Morgan fingerprint density at radius 3 is 1.68 bits per heavy atom. The van der Waals surface area contributed by atoms with Gasteiger partial charge < -0.3 is 10.4 Å². The Morgan fingerprint density at radius 2 is 1.35 bits per heavy atom. The Kier molecular flexibility index (Phi) is 15.5. The van der Waals surface area contributed by atoms with Crippen LogP contribution in [-0.2, 0) is 9.59 Å². The van der Waals surface area contributed by atoms with E-state index in [-0.39, 0.29) is 34.2 Å². The summed E-state index contributed by atoms with van der Waals surface area (Å²) < 4.78 is 27.6. The van der Waals surface area contributed by atoms with Gasteiger partial charge >= 0.3 is 0 Å². The molecule has 0 spiro atoms. The summed E-state index contributed by atoms with van der Waals surface area (Å²) in [5.41, 5.74) is 1.42. The fraction of sp³-hybridized carbons (Fsp3) is 0.375. The molecule has 0 aliphatic carbocycles. The molecule has 0 radical (unpaired) electrons. The number of ketones is 2. The van der Waals surface area contributed by atoms with Gasteiger partial charge in [-0.05, 0) is 45.4 Å². The van der Waals surface area contributed by atoms with Crippen molar-refractivity contribution >= 4 is 17.5 Å². The van der Waals surface area contributed by atoms with Crippen molar-refractivity contribution in [1.29, 1.82) is 0 Å². The second kappa shape index (κ2) is 15.8. The van der Waals surface area contributed by atoms with Gasteiger partial charge in [0.2, 0.25) is 5.91 Å². The highest BCUT2D eigenvalue weighted by molar-refractivity contribution is 5.99. The second-order valence-corrected chi connectivity index (χ2v) is 6.18. The summed E-state index contributed by atoms with van der Waals surface area (Å²) in [7, 11) is 2.52. The summed E-state index contributed by atoms with van der Waals surface area (Å²) in [5.74, 6) is -2.10. The molecule has 2 aromatic rings. The summed E-state index contributed by atoms with van der Waals surface area (Å²) in [4.78, 5) is 32.2. The number of amides is 1. The highest BCUT2D eigenvalue weighted by Gasteiger charge is 2.14. The molecule has 172 valence electrons. The minimum Gasteiger partial charge on any atom is -0.400 e. The first-order valence-corrected chi connectivity index (χ1v) is 9.82. The van der Waals surface area contributed by atoms with Crippen molar-refractivity contribution < 1.29 is 28.3 Å². The zero-order valence-corrected chi connectivity index (χ0v) is 19.5. The lowest BCUT2D eigenvalue weighted by atomic mass is 10.0. The maximum Gasteiger partial charge on any atom is 0.230 e. The van der Waals surface area contributed by atoms with E-state index in [9.17, 15) is 23.2 Å². The molecule has 5 nitrogen and oxygen atoms in total. The largest absolute Gasteiger partial charge is 0.400 e. The van der Waals surface area contributed by atoms with Gasteiger partial charge in [0.15, 0.2) is 5.78 Å². The quantitative estimate of drug-likeness (QED) is 0.535. The van der Waals surface area contributed by atoms with Crippen molar-refractivity contribution in [3.63, 3.8) is 0 Å². The van der Waals surface area contributed by atoms with Gasteiger partial charge in [0.1, 0.15) is 17.4 Å². The molecule has 2 rings (SSSR count). The summed E-state index contributed by atoms with van der Waals surface area (Å²) in [6, 6.07) is 8.68. The lowest BCUT2D eigenvalue weighted by Crippen LogP contribution is -2.29. The van der Waals surface area contributed by atoms with Crippen LogP contribution in [0.2, 0.25) is 0 Å². The molecule has 31 heavy (non-hydrogen) atoms. The van der Waals surface area contributed by atoms with Crippen molar-refractivity contribution in [1.82, 2.24) is 5.32 Å². The molecular weight excluding hydrogens is 404 g/mol. The average molecular weight is 438 g/mol. The SMILES string of the molecule is CC.CC(=O)c1ccc(-c2ccc(C)cc2F)c(F)c1.CNC(=O)C(C)C(C)=O.CO. The minimum absolute atomic E-state index is 0.102. The first-order chi connectivity index (χ1) is 14.6. The van der Waals surface area contributed by atoms with Crippen molar-refractivity contribution in [2.45, 2.75) is 41.5 Å². The van der Waals surface area contributed by atoms with Gasteiger partial charge in [-0.15, -0.1) is 0 Å². The molecule has 0 fully saturated rings. The summed E-state index contributed by atoms with van der Waals surface area (Å²) >= 11 is 0. The van der Waals surface area contributed by atoms with Crippen LogP contribution in [0.15, 0.2) is 36.4 Å². The molecule has 0 heterocycles. The summed E-state index contributed by atoms with van der Waals surface area (Å²) in [5, 5.41) is 9.39. The van der Waals surface area contributed by atoms with E-state index in [4.69, 9.17) is 5.11 Å². The second-order valence-electron chi connectivity index (χ2n) is 6.18. The van der Waals surface area contributed by atoms with E-state index in [2.05, 4.69) is 5.32 Å². The van der Waals surface area contributed by atoms with Gasteiger partial charge in [-0.3, -0.25) is 14.4 Å². The number of aryl methyl sites for hydroxylation is 1. The highest BCUT2D eigenvalue weighted by atomic mass is 19.1. The molecule has 1 atom stereocenters. The smallest absolute Gasteiger partial charge is 0.230 e. The number of aliphatic hydroxyl groups excluding tert-OH is 1. The van der Waals surface area contributed by atoms with Crippen LogP contribution in [-0.4, -0.2) is 36.7 Å². The Balaban J connectivity index is 0. The van der Waals surface area contributed by atoms with E-state index < -0.39 is 17.6 Å². The number of nitrogens with one attached hydrogen (secondary N) is 1. The standard InChI is InChI=1S/C15H12F2O.C6H11NO2.C2H6.CH4O/c1-9-3-5-12(14(16)7-9)13-6-4-11(10(2)18)8-15(13)17;1-4(5(2)8)6(9)7-3;2*1-2/h3-8H,1-2H3;4H,1-3H3,(H,7,9);1-2H3;2H,1H3. The average Bonchev–Trinajstić information content (AvgIpc) is 2.76. The maximum atomic E-state index is 13.9. The predicted molar refractivity (Wildman–Crippen MR) is 120 cm³/mol. The third-order valence-corrected chi connectivity index (χ3v) is 4.04. The minimum atomic E-state index is -0.592.